The molecule has 20 heavy (non-hydrogen) atoms. The van der Waals surface area contributed by atoms with E-state index in [-0.39, 0.29) is 18.6 Å². The van der Waals surface area contributed by atoms with Crippen molar-refractivity contribution in [2.45, 2.75) is 18.9 Å². The van der Waals surface area contributed by atoms with E-state index in [2.05, 4.69) is 11.0 Å². The molecule has 6 heteroatoms. The van der Waals surface area contributed by atoms with E-state index in [1.807, 2.05) is 5.38 Å². The van der Waals surface area contributed by atoms with Crippen molar-refractivity contribution in [3.05, 3.63) is 17.0 Å². The van der Waals surface area contributed by atoms with Crippen LogP contribution in [0.5, 0.6) is 0 Å². The molecule has 1 aromatic heterocycles. The van der Waals surface area contributed by atoms with Gasteiger partial charge in [-0.25, -0.2) is 0 Å². The smallest absolute Gasteiger partial charge is 0.245 e. The number of likely N-dealkylation sites (tertiary alicyclic amines) is 1. The fourth-order valence-electron chi connectivity index (χ4n) is 3.10. The Morgan fingerprint density at radius 2 is 2.30 bits per heavy atom. The summed E-state index contributed by atoms with van der Waals surface area (Å²) in [5.74, 6) is 0.399. The van der Waals surface area contributed by atoms with Gasteiger partial charge in [0.15, 0.2) is 0 Å². The molecule has 0 aromatic carbocycles. The molecule has 0 radical (unpaired) electrons. The molecule has 106 valence electrons. The van der Waals surface area contributed by atoms with Gasteiger partial charge < -0.3 is 10.0 Å². The number of hydrogen-bond acceptors (Lipinski definition) is 5. The fraction of sp³-hybridized carbons (Fsp3) is 0.571. The molecule has 2 aliphatic rings. The topological polar surface area (TPSA) is 67.6 Å². The number of aliphatic hydroxyl groups excluding tert-OH is 1. The van der Waals surface area contributed by atoms with Crippen molar-refractivity contribution in [1.82, 2.24) is 4.90 Å². The van der Waals surface area contributed by atoms with Crippen LogP contribution in [0.4, 0.5) is 5.00 Å². The summed E-state index contributed by atoms with van der Waals surface area (Å²) in [6.45, 7) is 2.56. The van der Waals surface area contributed by atoms with Crippen LogP contribution in [-0.2, 0) is 4.79 Å². The summed E-state index contributed by atoms with van der Waals surface area (Å²) in [6, 6.07) is 3.82. The predicted molar refractivity (Wildman–Crippen MR) is 76.6 cm³/mol. The Labute approximate surface area is 122 Å². The van der Waals surface area contributed by atoms with Crippen LogP contribution in [0.25, 0.3) is 0 Å². The standard InChI is InChI=1S/C14H17N3O2S/c15-7-11-3-6-20-14(11)17-5-2-12(13(17)19)16-4-1-10(8-16)9-18/h3,6,10,12,18H,1-2,4-5,8-9H2/t10-,12-/m0/s1. The highest BCUT2D eigenvalue weighted by Gasteiger charge is 2.40. The van der Waals surface area contributed by atoms with Gasteiger partial charge in [-0.3, -0.25) is 9.69 Å². The highest BCUT2D eigenvalue weighted by atomic mass is 32.1. The van der Waals surface area contributed by atoms with Crippen LogP contribution >= 0.6 is 11.3 Å². The molecule has 5 nitrogen and oxygen atoms in total. The average Bonchev–Trinajstić information content (AvgIpc) is 3.16. The van der Waals surface area contributed by atoms with Gasteiger partial charge in [0.1, 0.15) is 11.1 Å². The summed E-state index contributed by atoms with van der Waals surface area (Å²) in [4.78, 5) is 16.5. The van der Waals surface area contributed by atoms with Gasteiger partial charge in [-0.2, -0.15) is 5.26 Å². The fourth-order valence-corrected chi connectivity index (χ4v) is 3.98. The lowest BCUT2D eigenvalue weighted by molar-refractivity contribution is -0.121. The van der Waals surface area contributed by atoms with Crippen LogP contribution in [0.2, 0.25) is 0 Å². The van der Waals surface area contributed by atoms with Crippen LogP contribution in [0.3, 0.4) is 0 Å². The Hall–Kier alpha value is -1.42. The first-order valence-electron chi connectivity index (χ1n) is 6.88. The SMILES string of the molecule is N#Cc1ccsc1N1CC[C@H](N2CC[C@H](CO)C2)C1=O. The molecule has 3 rings (SSSR count). The third kappa shape index (κ3) is 2.22. The first kappa shape index (κ1) is 13.6. The second-order valence-corrected chi connectivity index (χ2v) is 6.27. The first-order valence-corrected chi connectivity index (χ1v) is 7.76. The number of amides is 1. The van der Waals surface area contributed by atoms with E-state index in [0.717, 1.165) is 30.9 Å². The van der Waals surface area contributed by atoms with Crippen molar-refractivity contribution in [2.24, 2.45) is 5.92 Å². The zero-order chi connectivity index (χ0) is 14.1. The van der Waals surface area contributed by atoms with E-state index in [1.54, 1.807) is 11.0 Å². The van der Waals surface area contributed by atoms with Crippen molar-refractivity contribution in [2.75, 3.05) is 31.1 Å². The third-order valence-corrected chi connectivity index (χ3v) is 5.14. The maximum Gasteiger partial charge on any atom is 0.245 e. The molecule has 0 spiro atoms. The van der Waals surface area contributed by atoms with Crippen molar-refractivity contribution >= 4 is 22.2 Å². The summed E-state index contributed by atoms with van der Waals surface area (Å²) >= 11 is 1.45. The number of thiophene rings is 1. The lowest BCUT2D eigenvalue weighted by atomic mass is 10.1. The largest absolute Gasteiger partial charge is 0.396 e. The number of carbonyl (C=O) groups is 1. The molecule has 2 fully saturated rings. The second kappa shape index (κ2) is 5.52. The molecule has 0 saturated carbocycles. The molecule has 1 aromatic rings. The molecular formula is C14H17N3O2S. The van der Waals surface area contributed by atoms with E-state index >= 15 is 0 Å². The van der Waals surface area contributed by atoms with Crippen LogP contribution in [0, 0.1) is 17.2 Å². The molecular weight excluding hydrogens is 274 g/mol. The Morgan fingerprint density at radius 3 is 3.00 bits per heavy atom. The normalized spacial score (nSPS) is 27.2. The molecule has 2 aliphatic heterocycles. The molecule has 0 bridgehead atoms. The first-order chi connectivity index (χ1) is 9.74. The summed E-state index contributed by atoms with van der Waals surface area (Å²) in [7, 11) is 0. The molecule has 3 heterocycles. The van der Waals surface area contributed by atoms with Crippen LogP contribution in [0.1, 0.15) is 18.4 Å². The van der Waals surface area contributed by atoms with E-state index in [1.165, 1.54) is 11.3 Å². The number of carbonyl (C=O) groups excluding carboxylic acids is 1. The number of aliphatic hydroxyl groups is 1. The van der Waals surface area contributed by atoms with Gasteiger partial charge in [-0.05, 0) is 36.8 Å². The highest BCUT2D eigenvalue weighted by Crippen LogP contribution is 2.33. The van der Waals surface area contributed by atoms with Gasteiger partial charge in [-0.15, -0.1) is 11.3 Å². The summed E-state index contributed by atoms with van der Waals surface area (Å²) in [5, 5.41) is 20.9. The summed E-state index contributed by atoms with van der Waals surface area (Å²) < 4.78 is 0. The number of nitrogens with zero attached hydrogens (tertiary/aromatic N) is 3. The monoisotopic (exact) mass is 291 g/mol. The van der Waals surface area contributed by atoms with Gasteiger partial charge in [0.25, 0.3) is 0 Å². The molecule has 2 atom stereocenters. The number of hydrogen-bond donors (Lipinski definition) is 1. The minimum absolute atomic E-state index is 0.0832. The molecule has 0 unspecified atom stereocenters. The van der Waals surface area contributed by atoms with E-state index in [0.29, 0.717) is 18.0 Å². The highest BCUT2D eigenvalue weighted by molar-refractivity contribution is 7.14. The zero-order valence-corrected chi connectivity index (χ0v) is 12.0. The number of nitriles is 1. The van der Waals surface area contributed by atoms with Crippen molar-refractivity contribution in [1.29, 1.82) is 5.26 Å². The van der Waals surface area contributed by atoms with Crippen molar-refractivity contribution < 1.29 is 9.90 Å². The summed E-state index contributed by atoms with van der Waals surface area (Å²) in [5.41, 5.74) is 0.582. The lowest BCUT2D eigenvalue weighted by Crippen LogP contribution is -2.40. The van der Waals surface area contributed by atoms with E-state index in [4.69, 9.17) is 5.26 Å². The molecule has 1 N–H and O–H groups in total. The van der Waals surface area contributed by atoms with E-state index < -0.39 is 0 Å². The second-order valence-electron chi connectivity index (χ2n) is 5.38. The van der Waals surface area contributed by atoms with Crippen LogP contribution < -0.4 is 4.90 Å². The van der Waals surface area contributed by atoms with Crippen molar-refractivity contribution in [3.63, 3.8) is 0 Å². The lowest BCUT2D eigenvalue weighted by Gasteiger charge is -2.22. The Balaban J connectivity index is 1.73. The molecule has 0 aliphatic carbocycles. The predicted octanol–water partition coefficient (Wildman–Crippen LogP) is 1.04. The Kier molecular flexibility index (Phi) is 3.74. The van der Waals surface area contributed by atoms with Crippen LogP contribution in [-0.4, -0.2) is 48.2 Å². The number of anilines is 1. The maximum absolute atomic E-state index is 12.6. The van der Waals surface area contributed by atoms with Gasteiger partial charge in [-0.1, -0.05) is 0 Å². The quantitative estimate of drug-likeness (QED) is 0.903. The van der Waals surface area contributed by atoms with Gasteiger partial charge in [0.05, 0.1) is 11.6 Å². The van der Waals surface area contributed by atoms with Gasteiger partial charge in [0, 0.05) is 19.7 Å². The summed E-state index contributed by atoms with van der Waals surface area (Å²) in [6.07, 6.45) is 1.77. The minimum atomic E-state index is -0.0832. The molecule has 1 amide bonds. The van der Waals surface area contributed by atoms with Crippen LogP contribution in [0.15, 0.2) is 11.4 Å². The van der Waals surface area contributed by atoms with E-state index in [9.17, 15) is 9.90 Å². The number of rotatable bonds is 3. The average molecular weight is 291 g/mol. The molecule has 2 saturated heterocycles. The van der Waals surface area contributed by atoms with Gasteiger partial charge in [0.2, 0.25) is 5.91 Å². The Bertz CT molecular complexity index is 551. The zero-order valence-electron chi connectivity index (χ0n) is 11.2. The maximum atomic E-state index is 12.6. The van der Waals surface area contributed by atoms with Crippen molar-refractivity contribution in [3.8, 4) is 6.07 Å². The van der Waals surface area contributed by atoms with Gasteiger partial charge >= 0.3 is 0 Å². The minimum Gasteiger partial charge on any atom is -0.396 e. The third-order valence-electron chi connectivity index (χ3n) is 4.20. The Morgan fingerprint density at radius 1 is 1.45 bits per heavy atom.